The molecule has 1 aliphatic heterocycles. The number of hydrogen-bond donors (Lipinski definition) is 2. The molecule has 1 aromatic rings. The molecule has 1 aromatic carbocycles. The Morgan fingerprint density at radius 3 is 2.89 bits per heavy atom. The molecule has 1 atom stereocenters. The van der Waals surface area contributed by atoms with Gasteiger partial charge in [-0.3, -0.25) is 10.1 Å². The summed E-state index contributed by atoms with van der Waals surface area (Å²) in [5.41, 5.74) is 0.140. The van der Waals surface area contributed by atoms with Gasteiger partial charge in [-0.1, -0.05) is 0 Å². The van der Waals surface area contributed by atoms with E-state index in [1.807, 2.05) is 0 Å². The van der Waals surface area contributed by atoms with Gasteiger partial charge >= 0.3 is 5.97 Å². The lowest BCUT2D eigenvalue weighted by molar-refractivity contribution is -0.384. The van der Waals surface area contributed by atoms with Crippen LogP contribution in [0.4, 0.5) is 11.4 Å². The standard InChI is InChI=1S/C11H12N2O5/c14-11(15)9-2-1-8(13(16)17)5-10(9)12-7-3-4-18-6-7/h1-2,5,7,12H,3-4,6H2,(H,14,15). The summed E-state index contributed by atoms with van der Waals surface area (Å²) in [7, 11) is 0. The van der Waals surface area contributed by atoms with Gasteiger partial charge in [0.25, 0.3) is 5.69 Å². The smallest absolute Gasteiger partial charge is 0.337 e. The van der Waals surface area contributed by atoms with Crippen molar-refractivity contribution in [3.63, 3.8) is 0 Å². The maximum Gasteiger partial charge on any atom is 0.337 e. The Labute approximate surface area is 103 Å². The number of carboxylic acids is 1. The Balaban J connectivity index is 2.30. The van der Waals surface area contributed by atoms with E-state index in [1.54, 1.807) is 0 Å². The van der Waals surface area contributed by atoms with Crippen LogP contribution >= 0.6 is 0 Å². The number of carboxylic acid groups (broad SMARTS) is 1. The average molecular weight is 252 g/mol. The minimum atomic E-state index is -1.12. The number of nitro benzene ring substituents is 1. The number of aromatic carboxylic acids is 1. The second kappa shape index (κ2) is 5.01. The van der Waals surface area contributed by atoms with Crippen molar-refractivity contribution in [2.45, 2.75) is 12.5 Å². The molecule has 0 radical (unpaired) electrons. The zero-order valence-corrected chi connectivity index (χ0v) is 9.46. The van der Waals surface area contributed by atoms with Crippen LogP contribution in [0, 0.1) is 10.1 Å². The molecule has 0 saturated carbocycles. The summed E-state index contributed by atoms with van der Waals surface area (Å²) in [4.78, 5) is 21.2. The van der Waals surface area contributed by atoms with Gasteiger partial charge in [0.05, 0.1) is 28.8 Å². The molecule has 2 N–H and O–H groups in total. The van der Waals surface area contributed by atoms with Crippen LogP contribution in [0.3, 0.4) is 0 Å². The molecule has 0 aromatic heterocycles. The van der Waals surface area contributed by atoms with E-state index in [-0.39, 0.29) is 23.0 Å². The van der Waals surface area contributed by atoms with Gasteiger partial charge < -0.3 is 15.2 Å². The number of nitrogens with zero attached hydrogens (tertiary/aromatic N) is 1. The maximum absolute atomic E-state index is 11.0. The molecule has 7 heteroatoms. The molecule has 18 heavy (non-hydrogen) atoms. The molecule has 0 aliphatic carbocycles. The van der Waals surface area contributed by atoms with E-state index in [1.165, 1.54) is 18.2 Å². The van der Waals surface area contributed by atoms with Crippen molar-refractivity contribution in [1.82, 2.24) is 0 Å². The summed E-state index contributed by atoms with van der Waals surface area (Å²) >= 11 is 0. The summed E-state index contributed by atoms with van der Waals surface area (Å²) in [6, 6.07) is 3.64. The summed E-state index contributed by atoms with van der Waals surface area (Å²) in [6.07, 6.45) is 0.752. The molecule has 1 saturated heterocycles. The summed E-state index contributed by atoms with van der Waals surface area (Å²) < 4.78 is 5.16. The first-order chi connectivity index (χ1) is 8.58. The summed E-state index contributed by atoms with van der Waals surface area (Å²) in [5, 5.41) is 22.7. The lowest BCUT2D eigenvalue weighted by atomic mass is 10.1. The normalized spacial score (nSPS) is 18.6. The number of nitro groups is 1. The minimum absolute atomic E-state index is 0.00916. The van der Waals surface area contributed by atoms with E-state index >= 15 is 0 Å². The number of carbonyl (C=O) groups is 1. The second-order valence-electron chi connectivity index (χ2n) is 4.00. The number of anilines is 1. The van der Waals surface area contributed by atoms with Gasteiger partial charge in [-0.2, -0.15) is 0 Å². The molecule has 7 nitrogen and oxygen atoms in total. The predicted octanol–water partition coefficient (Wildman–Crippen LogP) is 1.49. The highest BCUT2D eigenvalue weighted by atomic mass is 16.6. The third kappa shape index (κ3) is 2.57. The van der Waals surface area contributed by atoms with E-state index < -0.39 is 10.9 Å². The molecule has 1 unspecified atom stereocenters. The zero-order chi connectivity index (χ0) is 13.1. The first kappa shape index (κ1) is 12.3. The largest absolute Gasteiger partial charge is 0.478 e. The number of nitrogens with one attached hydrogen (secondary N) is 1. The molecular formula is C11H12N2O5. The Morgan fingerprint density at radius 1 is 1.56 bits per heavy atom. The van der Waals surface area contributed by atoms with Gasteiger partial charge in [0.1, 0.15) is 0 Å². The molecule has 0 bridgehead atoms. The van der Waals surface area contributed by atoms with Crippen LogP contribution in [0.15, 0.2) is 18.2 Å². The fraction of sp³-hybridized carbons (Fsp3) is 0.364. The first-order valence-corrected chi connectivity index (χ1v) is 5.44. The van der Waals surface area contributed by atoms with Crippen LogP contribution in [0.5, 0.6) is 0 Å². The summed E-state index contributed by atoms with van der Waals surface area (Å²) in [5.74, 6) is -1.12. The number of rotatable bonds is 4. The van der Waals surface area contributed by atoms with Crippen molar-refractivity contribution < 1.29 is 19.6 Å². The van der Waals surface area contributed by atoms with Gasteiger partial charge in [0, 0.05) is 18.7 Å². The van der Waals surface area contributed by atoms with Crippen molar-refractivity contribution in [1.29, 1.82) is 0 Å². The van der Waals surface area contributed by atoms with E-state index in [2.05, 4.69) is 5.32 Å². The summed E-state index contributed by atoms with van der Waals surface area (Å²) in [6.45, 7) is 1.08. The average Bonchev–Trinajstić information content (AvgIpc) is 2.81. The highest BCUT2D eigenvalue weighted by Crippen LogP contribution is 2.24. The van der Waals surface area contributed by atoms with Crippen molar-refractivity contribution in [3.05, 3.63) is 33.9 Å². The highest BCUT2D eigenvalue weighted by Gasteiger charge is 2.20. The van der Waals surface area contributed by atoms with Crippen molar-refractivity contribution in [2.24, 2.45) is 0 Å². The van der Waals surface area contributed by atoms with E-state index in [4.69, 9.17) is 9.84 Å². The van der Waals surface area contributed by atoms with Gasteiger partial charge in [-0.15, -0.1) is 0 Å². The molecule has 0 spiro atoms. The van der Waals surface area contributed by atoms with E-state index in [0.717, 1.165) is 6.42 Å². The number of non-ortho nitro benzene ring substituents is 1. The van der Waals surface area contributed by atoms with Crippen molar-refractivity contribution in [2.75, 3.05) is 18.5 Å². The first-order valence-electron chi connectivity index (χ1n) is 5.44. The third-order valence-corrected chi connectivity index (χ3v) is 2.73. The highest BCUT2D eigenvalue weighted by molar-refractivity contribution is 5.94. The molecule has 1 heterocycles. The quantitative estimate of drug-likeness (QED) is 0.621. The van der Waals surface area contributed by atoms with Crippen molar-refractivity contribution >= 4 is 17.3 Å². The Bertz CT molecular complexity index is 482. The third-order valence-electron chi connectivity index (χ3n) is 2.73. The lowest BCUT2D eigenvalue weighted by Gasteiger charge is -2.14. The SMILES string of the molecule is O=C(O)c1ccc([N+](=O)[O-])cc1NC1CCOC1. The van der Waals surface area contributed by atoms with Crippen LogP contribution in [-0.2, 0) is 4.74 Å². The van der Waals surface area contributed by atoms with Crippen molar-refractivity contribution in [3.8, 4) is 0 Å². The Morgan fingerprint density at radius 2 is 2.33 bits per heavy atom. The van der Waals surface area contributed by atoms with E-state index in [0.29, 0.717) is 13.2 Å². The molecule has 1 aliphatic rings. The molecule has 96 valence electrons. The second-order valence-corrected chi connectivity index (χ2v) is 4.00. The number of benzene rings is 1. The zero-order valence-electron chi connectivity index (χ0n) is 9.46. The van der Waals surface area contributed by atoms with Crippen LogP contribution in [-0.4, -0.2) is 35.3 Å². The maximum atomic E-state index is 11.0. The van der Waals surface area contributed by atoms with Crippen LogP contribution < -0.4 is 5.32 Å². The Hall–Kier alpha value is -2.15. The van der Waals surface area contributed by atoms with E-state index in [9.17, 15) is 14.9 Å². The lowest BCUT2D eigenvalue weighted by Crippen LogP contribution is -2.20. The van der Waals surface area contributed by atoms with Gasteiger partial charge in [0.2, 0.25) is 0 Å². The number of ether oxygens (including phenoxy) is 1. The van der Waals surface area contributed by atoms with Crippen LogP contribution in [0.2, 0.25) is 0 Å². The van der Waals surface area contributed by atoms with Gasteiger partial charge in [-0.25, -0.2) is 4.79 Å². The predicted molar refractivity (Wildman–Crippen MR) is 62.9 cm³/mol. The Kier molecular flexibility index (Phi) is 3.42. The molecule has 1 fully saturated rings. The molecular weight excluding hydrogens is 240 g/mol. The topological polar surface area (TPSA) is 102 Å². The van der Waals surface area contributed by atoms with Gasteiger partial charge in [-0.05, 0) is 12.5 Å². The fourth-order valence-electron chi connectivity index (χ4n) is 1.82. The van der Waals surface area contributed by atoms with Gasteiger partial charge in [0.15, 0.2) is 0 Å². The minimum Gasteiger partial charge on any atom is -0.478 e. The van der Waals surface area contributed by atoms with Crippen LogP contribution in [0.25, 0.3) is 0 Å². The molecule has 2 rings (SSSR count). The monoisotopic (exact) mass is 252 g/mol. The number of hydrogen-bond acceptors (Lipinski definition) is 5. The fourth-order valence-corrected chi connectivity index (χ4v) is 1.82. The van der Waals surface area contributed by atoms with Crippen LogP contribution in [0.1, 0.15) is 16.8 Å². The molecule has 0 amide bonds.